The van der Waals surface area contributed by atoms with Gasteiger partial charge in [-0.25, -0.2) is 14.4 Å². The van der Waals surface area contributed by atoms with Crippen LogP contribution in [-0.4, -0.2) is 31.2 Å². The van der Waals surface area contributed by atoms with Gasteiger partial charge in [0, 0.05) is 0 Å². The van der Waals surface area contributed by atoms with E-state index in [0.29, 0.717) is 0 Å². The van der Waals surface area contributed by atoms with Crippen LogP contribution >= 0.6 is 0 Å². The van der Waals surface area contributed by atoms with Crippen LogP contribution in [-0.2, 0) is 14.0 Å². The second kappa shape index (κ2) is 15.8. The molecule has 8 nitrogen and oxygen atoms in total. The average Bonchev–Trinajstić information content (AvgIpc) is 2.95. The Morgan fingerprint density at radius 1 is 0.447 bits per heavy atom. The number of carbonyl (C=O) groups is 4. The van der Waals surface area contributed by atoms with Gasteiger partial charge in [0.25, 0.3) is 0 Å². The van der Waals surface area contributed by atoms with E-state index in [1.165, 1.54) is 48.5 Å². The van der Waals surface area contributed by atoms with Crippen molar-refractivity contribution in [2.75, 3.05) is 0 Å². The molecule has 0 saturated carbocycles. The molecule has 0 aliphatic heterocycles. The van der Waals surface area contributed by atoms with E-state index in [2.05, 4.69) is 0 Å². The van der Waals surface area contributed by atoms with E-state index in [1.807, 2.05) is 0 Å². The van der Waals surface area contributed by atoms with Crippen molar-refractivity contribution < 1.29 is 67.8 Å². The first-order chi connectivity index (χ1) is 17.9. The van der Waals surface area contributed by atoms with Crippen LogP contribution in [0.2, 0.25) is 0 Å². The summed E-state index contributed by atoms with van der Waals surface area (Å²) < 4.78 is 15.3. The largest absolute Gasteiger partial charge is 1.00 e. The zero-order chi connectivity index (χ0) is 26.5. The quantitative estimate of drug-likeness (QED) is 0.327. The summed E-state index contributed by atoms with van der Waals surface area (Å²) in [4.78, 5) is 46.9. The fourth-order valence-corrected chi connectivity index (χ4v) is 2.84. The minimum Gasteiger partial charge on any atom is -0.545 e. The molecule has 38 heavy (non-hydrogen) atoms. The molecule has 0 saturated heterocycles. The minimum atomic E-state index is -1.84. The Kier molecular flexibility index (Phi) is 12.5. The van der Waals surface area contributed by atoms with Gasteiger partial charge in [0.15, 0.2) is 0 Å². The second-order valence-corrected chi connectivity index (χ2v) is 7.26. The van der Waals surface area contributed by atoms with E-state index in [1.54, 1.807) is 72.8 Å². The molecule has 184 valence electrons. The van der Waals surface area contributed by atoms with Gasteiger partial charge in [-0.1, -0.05) is 84.9 Å². The zero-order valence-corrected chi connectivity index (χ0v) is 22.4. The van der Waals surface area contributed by atoms with Gasteiger partial charge < -0.3 is 23.9 Å². The van der Waals surface area contributed by atoms with Crippen molar-refractivity contribution in [3.63, 3.8) is 0 Å². The van der Waals surface area contributed by atoms with Crippen molar-refractivity contribution in [3.05, 3.63) is 144 Å². The van der Waals surface area contributed by atoms with Crippen LogP contribution in [0.1, 0.15) is 41.4 Å². The normalized spacial score (nSPS) is 9.37. The number of hydrogen-bond acceptors (Lipinski definition) is 8. The van der Waals surface area contributed by atoms with Crippen molar-refractivity contribution in [1.29, 1.82) is 0 Å². The number of benzene rings is 4. The van der Waals surface area contributed by atoms with E-state index >= 15 is 0 Å². The number of carboxylic acid groups (broad SMARTS) is 1. The van der Waals surface area contributed by atoms with E-state index in [-0.39, 0.29) is 51.8 Å². The molecule has 4 rings (SSSR count). The summed E-state index contributed by atoms with van der Waals surface area (Å²) >= 11 is 0. The third-order valence-electron chi connectivity index (χ3n) is 4.65. The summed E-state index contributed by atoms with van der Waals surface area (Å²) in [7, 11) is -1.84. The van der Waals surface area contributed by atoms with Crippen LogP contribution in [0.25, 0.3) is 0 Å². The van der Waals surface area contributed by atoms with Crippen molar-refractivity contribution in [1.82, 2.24) is 0 Å². The van der Waals surface area contributed by atoms with E-state index in [0.717, 1.165) is 0 Å². The van der Waals surface area contributed by atoms with E-state index in [4.69, 9.17) is 14.0 Å². The maximum Gasteiger partial charge on any atom is 1.00 e. The Morgan fingerprint density at radius 2 is 0.684 bits per heavy atom. The van der Waals surface area contributed by atoms with Crippen molar-refractivity contribution >= 4 is 31.2 Å². The van der Waals surface area contributed by atoms with Crippen molar-refractivity contribution in [3.8, 4) is 0 Å². The second-order valence-electron chi connectivity index (χ2n) is 7.26. The fraction of sp³-hybridized carbons (Fsp3) is 0. The van der Waals surface area contributed by atoms with E-state index < -0.39 is 31.2 Å². The van der Waals surface area contributed by atoms with Crippen LogP contribution in [0.3, 0.4) is 0 Å². The molecule has 0 heterocycles. The Bertz CT molecular complexity index is 1190. The molecule has 0 radical (unpaired) electrons. The molecule has 0 aromatic heterocycles. The number of carboxylic acids is 1. The topological polar surface area (TPSA) is 119 Å². The molecule has 10 heteroatoms. The number of aromatic carboxylic acids is 1. The van der Waals surface area contributed by atoms with Gasteiger partial charge in [0.2, 0.25) is 0 Å². The predicted molar refractivity (Wildman–Crippen MR) is 132 cm³/mol. The minimum absolute atomic E-state index is 0. The SMILES string of the molecule is O=C(OB(OC(=O)c1ccccc1)OC(=O)c1ccccc1)c1ccccc1.O=C([O-])c1ccccc1.[Na+]. The summed E-state index contributed by atoms with van der Waals surface area (Å²) in [6.07, 6.45) is 0. The standard InChI is InChI=1S/C21H15BO6.C7H6O2.Na/c23-19(16-10-4-1-5-11-16)26-22(27-20(24)17-12-6-2-7-13-17)28-21(25)18-14-8-3-9-15-18;8-7(9)6-4-2-1-3-5-6;/h1-15H;1-5H,(H,8,9);/q;;+1/p-1. The molecule has 0 atom stereocenters. The molecular weight excluding hydrogens is 498 g/mol. The predicted octanol–water partition coefficient (Wildman–Crippen LogP) is 0.596. The molecule has 0 fully saturated rings. The summed E-state index contributed by atoms with van der Waals surface area (Å²) in [5, 5.41) is 10.1. The van der Waals surface area contributed by atoms with Gasteiger partial charge in [-0.2, -0.15) is 0 Å². The zero-order valence-electron chi connectivity index (χ0n) is 20.4. The third kappa shape index (κ3) is 9.70. The summed E-state index contributed by atoms with van der Waals surface area (Å²) in [5.74, 6) is -3.53. The maximum atomic E-state index is 12.3. The Hall–Kier alpha value is -4.18. The van der Waals surface area contributed by atoms with Crippen LogP contribution in [0.5, 0.6) is 0 Å². The monoisotopic (exact) mass is 518 g/mol. The molecule has 0 unspecified atom stereocenters. The fourth-order valence-electron chi connectivity index (χ4n) is 2.84. The molecule has 0 aliphatic rings. The molecule has 0 bridgehead atoms. The molecule has 0 aliphatic carbocycles. The summed E-state index contributed by atoms with van der Waals surface area (Å²) in [5.41, 5.74) is 0.884. The molecule has 0 N–H and O–H groups in total. The van der Waals surface area contributed by atoms with Crippen LogP contribution in [0.15, 0.2) is 121 Å². The first kappa shape index (κ1) is 30.1. The van der Waals surface area contributed by atoms with Gasteiger partial charge in [-0.3, -0.25) is 0 Å². The smallest absolute Gasteiger partial charge is 0.545 e. The van der Waals surface area contributed by atoms with Gasteiger partial charge in [0.05, 0.1) is 22.7 Å². The van der Waals surface area contributed by atoms with Crippen LogP contribution < -0.4 is 34.7 Å². The molecule has 0 spiro atoms. The molecular formula is C28H20BNaO8. The van der Waals surface area contributed by atoms with Crippen LogP contribution in [0, 0.1) is 0 Å². The van der Waals surface area contributed by atoms with Crippen LogP contribution in [0.4, 0.5) is 0 Å². The van der Waals surface area contributed by atoms with Gasteiger partial charge in [0.1, 0.15) is 0 Å². The van der Waals surface area contributed by atoms with Crippen molar-refractivity contribution in [2.24, 2.45) is 0 Å². The number of hydrogen-bond donors (Lipinski definition) is 0. The number of rotatable bonds is 7. The number of carbonyl (C=O) groups excluding carboxylic acids is 4. The average molecular weight is 518 g/mol. The first-order valence-electron chi connectivity index (χ1n) is 11.0. The Labute approximate surface area is 241 Å². The summed E-state index contributed by atoms with van der Waals surface area (Å²) in [6.45, 7) is 0. The molecule has 4 aromatic rings. The van der Waals surface area contributed by atoms with E-state index in [9.17, 15) is 24.3 Å². The Balaban J connectivity index is 0.000000430. The maximum absolute atomic E-state index is 12.3. The first-order valence-corrected chi connectivity index (χ1v) is 11.0. The Morgan fingerprint density at radius 3 is 0.895 bits per heavy atom. The molecule has 0 amide bonds. The summed E-state index contributed by atoms with van der Waals surface area (Å²) in [6, 6.07) is 32.3. The van der Waals surface area contributed by atoms with Gasteiger partial charge >= 0.3 is 54.8 Å². The van der Waals surface area contributed by atoms with Crippen molar-refractivity contribution in [2.45, 2.75) is 0 Å². The van der Waals surface area contributed by atoms with Gasteiger partial charge in [-0.15, -0.1) is 0 Å². The molecule has 4 aromatic carbocycles. The van der Waals surface area contributed by atoms with Gasteiger partial charge in [-0.05, 0) is 42.0 Å². The third-order valence-corrected chi connectivity index (χ3v) is 4.65.